The Morgan fingerprint density at radius 3 is 2.76 bits per heavy atom. The first-order valence-corrected chi connectivity index (χ1v) is 6.42. The summed E-state index contributed by atoms with van der Waals surface area (Å²) < 4.78 is 0. The number of Topliss-reactive ketones (excluding diaryl/α,β-unsaturated/α-hetero) is 1. The second-order valence-corrected chi connectivity index (χ2v) is 5.50. The lowest BCUT2D eigenvalue weighted by Gasteiger charge is -2.35. The SMILES string of the molecule is Cc1ccccc1C(=O)C1(N)CCCC(C)C1. The van der Waals surface area contributed by atoms with Gasteiger partial charge in [-0.15, -0.1) is 0 Å². The van der Waals surface area contributed by atoms with E-state index < -0.39 is 5.54 Å². The summed E-state index contributed by atoms with van der Waals surface area (Å²) >= 11 is 0. The first kappa shape index (κ1) is 12.3. The second-order valence-electron chi connectivity index (χ2n) is 5.50. The molecular formula is C15H21NO. The third-order valence-corrected chi connectivity index (χ3v) is 3.87. The molecule has 1 aromatic rings. The van der Waals surface area contributed by atoms with Gasteiger partial charge < -0.3 is 5.73 Å². The van der Waals surface area contributed by atoms with Crippen molar-refractivity contribution in [2.45, 2.75) is 45.1 Å². The molecule has 2 N–H and O–H groups in total. The fraction of sp³-hybridized carbons (Fsp3) is 0.533. The lowest BCUT2D eigenvalue weighted by molar-refractivity contribution is 0.0819. The molecule has 0 heterocycles. The highest BCUT2D eigenvalue weighted by atomic mass is 16.1. The average Bonchev–Trinajstić information content (AvgIpc) is 2.28. The van der Waals surface area contributed by atoms with Crippen LogP contribution in [-0.4, -0.2) is 11.3 Å². The molecule has 1 fully saturated rings. The average molecular weight is 231 g/mol. The third-order valence-electron chi connectivity index (χ3n) is 3.87. The molecule has 0 saturated heterocycles. The van der Waals surface area contributed by atoms with Crippen LogP contribution in [0.25, 0.3) is 0 Å². The number of benzene rings is 1. The van der Waals surface area contributed by atoms with Gasteiger partial charge in [0.05, 0.1) is 5.54 Å². The molecule has 17 heavy (non-hydrogen) atoms. The van der Waals surface area contributed by atoms with Gasteiger partial charge in [0.1, 0.15) is 0 Å². The number of carbonyl (C=O) groups excluding carboxylic acids is 1. The van der Waals surface area contributed by atoms with Crippen LogP contribution in [0, 0.1) is 12.8 Å². The standard InChI is InChI=1S/C15H21NO/c1-11-6-5-9-15(16,10-11)14(17)13-8-4-3-7-12(13)2/h3-4,7-8,11H,5-6,9-10,16H2,1-2H3. The molecular weight excluding hydrogens is 210 g/mol. The van der Waals surface area contributed by atoms with Gasteiger partial charge >= 0.3 is 0 Å². The van der Waals surface area contributed by atoms with Crippen molar-refractivity contribution in [1.29, 1.82) is 0 Å². The Morgan fingerprint density at radius 1 is 1.41 bits per heavy atom. The topological polar surface area (TPSA) is 43.1 Å². The Morgan fingerprint density at radius 2 is 2.12 bits per heavy atom. The Hall–Kier alpha value is -1.15. The van der Waals surface area contributed by atoms with Crippen LogP contribution in [0.2, 0.25) is 0 Å². The van der Waals surface area contributed by atoms with Crippen molar-refractivity contribution in [3.05, 3.63) is 35.4 Å². The Kier molecular flexibility index (Phi) is 3.34. The number of hydrogen-bond donors (Lipinski definition) is 1. The maximum absolute atomic E-state index is 12.6. The van der Waals surface area contributed by atoms with E-state index in [2.05, 4.69) is 6.92 Å². The molecule has 1 saturated carbocycles. The number of carbonyl (C=O) groups is 1. The summed E-state index contributed by atoms with van der Waals surface area (Å²) in [4.78, 5) is 12.6. The van der Waals surface area contributed by atoms with E-state index in [1.165, 1.54) is 6.42 Å². The highest BCUT2D eigenvalue weighted by Gasteiger charge is 2.38. The van der Waals surface area contributed by atoms with Crippen molar-refractivity contribution in [3.8, 4) is 0 Å². The van der Waals surface area contributed by atoms with Crippen molar-refractivity contribution < 1.29 is 4.79 Å². The summed E-state index contributed by atoms with van der Waals surface area (Å²) in [6.07, 6.45) is 3.90. The molecule has 92 valence electrons. The van der Waals surface area contributed by atoms with Gasteiger partial charge in [-0.1, -0.05) is 44.0 Å². The zero-order valence-electron chi connectivity index (χ0n) is 10.7. The molecule has 0 aliphatic heterocycles. The molecule has 0 bridgehead atoms. The molecule has 0 aromatic heterocycles. The molecule has 0 spiro atoms. The lowest BCUT2D eigenvalue weighted by Crippen LogP contribution is -2.51. The number of ketones is 1. The molecule has 0 amide bonds. The summed E-state index contributed by atoms with van der Waals surface area (Å²) in [6, 6.07) is 7.74. The van der Waals surface area contributed by atoms with Crippen LogP contribution < -0.4 is 5.73 Å². The van der Waals surface area contributed by atoms with Crippen LogP contribution in [0.15, 0.2) is 24.3 Å². The summed E-state index contributed by atoms with van der Waals surface area (Å²) in [7, 11) is 0. The summed E-state index contributed by atoms with van der Waals surface area (Å²) in [6.45, 7) is 4.16. The molecule has 0 radical (unpaired) electrons. The van der Waals surface area contributed by atoms with Gasteiger partial charge in [0.2, 0.25) is 0 Å². The molecule has 2 atom stereocenters. The van der Waals surface area contributed by atoms with E-state index in [0.29, 0.717) is 5.92 Å². The third kappa shape index (κ3) is 2.42. The van der Waals surface area contributed by atoms with E-state index >= 15 is 0 Å². The van der Waals surface area contributed by atoms with E-state index in [9.17, 15) is 4.79 Å². The molecule has 1 aromatic carbocycles. The number of rotatable bonds is 2. The van der Waals surface area contributed by atoms with E-state index in [1.807, 2.05) is 31.2 Å². The van der Waals surface area contributed by atoms with Crippen LogP contribution in [0.3, 0.4) is 0 Å². The summed E-state index contributed by atoms with van der Waals surface area (Å²) in [5, 5.41) is 0. The van der Waals surface area contributed by atoms with Crippen LogP contribution in [0.1, 0.15) is 48.5 Å². The number of nitrogens with two attached hydrogens (primary N) is 1. The maximum Gasteiger partial charge on any atom is 0.182 e. The van der Waals surface area contributed by atoms with Crippen LogP contribution in [0.5, 0.6) is 0 Å². The quantitative estimate of drug-likeness (QED) is 0.795. The molecule has 2 heteroatoms. The zero-order chi connectivity index (χ0) is 12.5. The van der Waals surface area contributed by atoms with Gasteiger partial charge in [0, 0.05) is 5.56 Å². The van der Waals surface area contributed by atoms with Crippen LogP contribution >= 0.6 is 0 Å². The molecule has 1 aliphatic carbocycles. The van der Waals surface area contributed by atoms with Crippen molar-refractivity contribution in [2.75, 3.05) is 0 Å². The highest BCUT2D eigenvalue weighted by molar-refractivity contribution is 6.04. The van der Waals surface area contributed by atoms with Gasteiger partial charge in [0.15, 0.2) is 5.78 Å². The van der Waals surface area contributed by atoms with E-state index in [1.54, 1.807) is 0 Å². The maximum atomic E-state index is 12.6. The van der Waals surface area contributed by atoms with Crippen LogP contribution in [0.4, 0.5) is 0 Å². The highest BCUT2D eigenvalue weighted by Crippen LogP contribution is 2.33. The molecule has 2 rings (SSSR count). The molecule has 2 unspecified atom stereocenters. The van der Waals surface area contributed by atoms with Crippen LogP contribution in [-0.2, 0) is 0 Å². The minimum atomic E-state index is -0.635. The Labute approximate surface area is 103 Å². The first-order valence-electron chi connectivity index (χ1n) is 6.42. The van der Waals surface area contributed by atoms with Gasteiger partial charge in [0.25, 0.3) is 0 Å². The van der Waals surface area contributed by atoms with Crippen molar-refractivity contribution in [1.82, 2.24) is 0 Å². The monoisotopic (exact) mass is 231 g/mol. The molecule has 2 nitrogen and oxygen atoms in total. The zero-order valence-corrected chi connectivity index (χ0v) is 10.7. The summed E-state index contributed by atoms with van der Waals surface area (Å²) in [5.41, 5.74) is 7.53. The van der Waals surface area contributed by atoms with Crippen molar-refractivity contribution in [2.24, 2.45) is 11.7 Å². The van der Waals surface area contributed by atoms with Gasteiger partial charge in [-0.2, -0.15) is 0 Å². The van der Waals surface area contributed by atoms with Crippen molar-refractivity contribution >= 4 is 5.78 Å². The van der Waals surface area contributed by atoms with Gasteiger partial charge in [-0.25, -0.2) is 0 Å². The minimum absolute atomic E-state index is 0.127. The number of hydrogen-bond acceptors (Lipinski definition) is 2. The van der Waals surface area contributed by atoms with E-state index in [-0.39, 0.29) is 5.78 Å². The fourth-order valence-corrected chi connectivity index (χ4v) is 2.89. The molecule has 1 aliphatic rings. The smallest absolute Gasteiger partial charge is 0.182 e. The Bertz CT molecular complexity index is 427. The van der Waals surface area contributed by atoms with Gasteiger partial charge in [-0.05, 0) is 31.2 Å². The van der Waals surface area contributed by atoms with Gasteiger partial charge in [-0.3, -0.25) is 4.79 Å². The number of aryl methyl sites for hydroxylation is 1. The minimum Gasteiger partial charge on any atom is -0.319 e. The van der Waals surface area contributed by atoms with E-state index in [4.69, 9.17) is 5.73 Å². The Balaban J connectivity index is 2.28. The largest absolute Gasteiger partial charge is 0.319 e. The first-order chi connectivity index (χ1) is 8.03. The normalized spacial score (nSPS) is 29.0. The van der Waals surface area contributed by atoms with E-state index in [0.717, 1.165) is 30.4 Å². The van der Waals surface area contributed by atoms with Crippen molar-refractivity contribution in [3.63, 3.8) is 0 Å². The fourth-order valence-electron chi connectivity index (χ4n) is 2.89. The predicted octanol–water partition coefficient (Wildman–Crippen LogP) is 3.09. The predicted molar refractivity (Wildman–Crippen MR) is 70.1 cm³/mol. The summed E-state index contributed by atoms with van der Waals surface area (Å²) in [5.74, 6) is 0.684. The lowest BCUT2D eigenvalue weighted by atomic mass is 9.73. The second kappa shape index (κ2) is 4.61.